The van der Waals surface area contributed by atoms with E-state index in [-0.39, 0.29) is 30.7 Å². The SMILES string of the molecule is COCCOCN(c1noc(C)c1C)S(=O)(=O)c1ccccc1-c1ccc(-c2ncco2)cc1CO. The zero-order valence-electron chi connectivity index (χ0n) is 20.2. The summed E-state index contributed by atoms with van der Waals surface area (Å²) >= 11 is 0. The highest BCUT2D eigenvalue weighted by atomic mass is 32.2. The first kappa shape index (κ1) is 25.6. The normalized spacial score (nSPS) is 11.7. The van der Waals surface area contributed by atoms with E-state index in [1.54, 1.807) is 50.2 Å². The van der Waals surface area contributed by atoms with Crippen LogP contribution in [0, 0.1) is 13.8 Å². The molecule has 190 valence electrons. The summed E-state index contributed by atoms with van der Waals surface area (Å²) in [7, 11) is -2.64. The van der Waals surface area contributed by atoms with Gasteiger partial charge in [-0.05, 0) is 43.2 Å². The standard InChI is InChI=1S/C25H27N3O7S/c1-17-18(2)35-27-24(17)28(16-33-13-12-32-3)36(30,31)23-7-5-4-6-22(23)21-9-8-19(14-20(21)15-29)25-26-10-11-34-25/h4-11,14,29H,12-13,15-16H2,1-3H3. The number of anilines is 1. The van der Waals surface area contributed by atoms with Crippen LogP contribution in [0.1, 0.15) is 16.9 Å². The first-order chi connectivity index (χ1) is 17.4. The molecule has 10 nitrogen and oxygen atoms in total. The maximum Gasteiger partial charge on any atom is 0.268 e. The predicted molar refractivity (Wildman–Crippen MR) is 132 cm³/mol. The van der Waals surface area contributed by atoms with Crippen molar-refractivity contribution in [2.75, 3.05) is 31.4 Å². The molecule has 4 aromatic rings. The van der Waals surface area contributed by atoms with Crippen molar-refractivity contribution < 1.29 is 31.9 Å². The minimum Gasteiger partial charge on any atom is -0.445 e. The summed E-state index contributed by atoms with van der Waals surface area (Å²) in [6.45, 7) is 3.33. The number of methoxy groups -OCH3 is 1. The lowest BCUT2D eigenvalue weighted by molar-refractivity contribution is 0.0753. The van der Waals surface area contributed by atoms with Gasteiger partial charge < -0.3 is 23.5 Å². The zero-order chi connectivity index (χ0) is 25.7. The van der Waals surface area contributed by atoms with Gasteiger partial charge in [0, 0.05) is 23.8 Å². The molecule has 0 fully saturated rings. The van der Waals surface area contributed by atoms with Crippen molar-refractivity contribution in [2.45, 2.75) is 25.3 Å². The largest absolute Gasteiger partial charge is 0.445 e. The van der Waals surface area contributed by atoms with Crippen LogP contribution in [0.5, 0.6) is 0 Å². The van der Waals surface area contributed by atoms with Crippen molar-refractivity contribution in [3.63, 3.8) is 0 Å². The molecule has 0 amide bonds. The molecular weight excluding hydrogens is 486 g/mol. The Morgan fingerprint density at radius 3 is 2.56 bits per heavy atom. The van der Waals surface area contributed by atoms with E-state index in [1.165, 1.54) is 25.6 Å². The molecule has 0 atom stereocenters. The molecule has 1 N–H and O–H groups in total. The van der Waals surface area contributed by atoms with E-state index in [2.05, 4.69) is 10.1 Å². The highest BCUT2D eigenvalue weighted by Crippen LogP contribution is 2.36. The fourth-order valence-electron chi connectivity index (χ4n) is 3.69. The van der Waals surface area contributed by atoms with Gasteiger partial charge in [-0.15, -0.1) is 0 Å². The van der Waals surface area contributed by atoms with Crippen LogP contribution in [0.2, 0.25) is 0 Å². The Morgan fingerprint density at radius 1 is 1.08 bits per heavy atom. The summed E-state index contributed by atoms with van der Waals surface area (Å²) in [6, 6.07) is 11.8. The number of nitrogens with zero attached hydrogens (tertiary/aromatic N) is 3. The fourth-order valence-corrected chi connectivity index (χ4v) is 5.25. The highest BCUT2D eigenvalue weighted by Gasteiger charge is 2.32. The van der Waals surface area contributed by atoms with E-state index in [0.29, 0.717) is 46.1 Å². The van der Waals surface area contributed by atoms with Crippen molar-refractivity contribution in [3.05, 3.63) is 71.8 Å². The van der Waals surface area contributed by atoms with Gasteiger partial charge in [-0.1, -0.05) is 29.4 Å². The van der Waals surface area contributed by atoms with Crippen LogP contribution < -0.4 is 4.31 Å². The zero-order valence-corrected chi connectivity index (χ0v) is 21.0. The van der Waals surface area contributed by atoms with Gasteiger partial charge in [0.2, 0.25) is 5.89 Å². The Balaban J connectivity index is 1.80. The summed E-state index contributed by atoms with van der Waals surface area (Å²) < 4.78 is 50.4. The van der Waals surface area contributed by atoms with Crippen LogP contribution in [0.25, 0.3) is 22.6 Å². The smallest absolute Gasteiger partial charge is 0.268 e. The number of aliphatic hydroxyl groups excluding tert-OH is 1. The molecule has 0 unspecified atom stereocenters. The van der Waals surface area contributed by atoms with Crippen LogP contribution in [-0.2, 0) is 26.1 Å². The van der Waals surface area contributed by atoms with E-state index in [0.717, 1.165) is 4.31 Å². The second kappa shape index (κ2) is 11.0. The van der Waals surface area contributed by atoms with Crippen LogP contribution in [-0.4, -0.2) is 50.7 Å². The number of aryl methyl sites for hydroxylation is 1. The minimum absolute atomic E-state index is 0.0268. The molecular formula is C25H27N3O7S. The Kier molecular flexibility index (Phi) is 7.85. The Bertz CT molecular complexity index is 1420. The number of benzene rings is 2. The van der Waals surface area contributed by atoms with E-state index < -0.39 is 10.0 Å². The fraction of sp³-hybridized carbons (Fsp3) is 0.280. The third-order valence-electron chi connectivity index (χ3n) is 5.71. The molecule has 2 heterocycles. The van der Waals surface area contributed by atoms with Crippen LogP contribution >= 0.6 is 0 Å². The molecule has 4 rings (SSSR count). The van der Waals surface area contributed by atoms with E-state index in [9.17, 15) is 13.5 Å². The Labute approximate surface area is 209 Å². The maximum atomic E-state index is 14.1. The number of ether oxygens (including phenoxy) is 2. The van der Waals surface area contributed by atoms with Gasteiger partial charge in [0.25, 0.3) is 10.0 Å². The molecule has 0 saturated carbocycles. The summed E-state index contributed by atoms with van der Waals surface area (Å²) in [5.41, 5.74) is 2.73. The number of aromatic nitrogens is 2. The van der Waals surface area contributed by atoms with E-state index in [1.807, 2.05) is 0 Å². The lowest BCUT2D eigenvalue weighted by atomic mass is 9.97. The van der Waals surface area contributed by atoms with Gasteiger partial charge in [-0.25, -0.2) is 17.7 Å². The van der Waals surface area contributed by atoms with Crippen LogP contribution in [0.3, 0.4) is 0 Å². The van der Waals surface area contributed by atoms with Crippen molar-refractivity contribution >= 4 is 15.8 Å². The first-order valence-electron chi connectivity index (χ1n) is 11.1. The molecule has 0 aliphatic heterocycles. The number of hydrogen-bond donors (Lipinski definition) is 1. The topological polar surface area (TPSA) is 128 Å². The Morgan fingerprint density at radius 2 is 1.89 bits per heavy atom. The van der Waals surface area contributed by atoms with Crippen molar-refractivity contribution in [2.24, 2.45) is 0 Å². The molecule has 0 radical (unpaired) electrons. The second-order valence-corrected chi connectivity index (χ2v) is 9.77. The number of oxazole rings is 1. The molecule has 0 saturated heterocycles. The average molecular weight is 514 g/mol. The third-order valence-corrected chi connectivity index (χ3v) is 7.48. The van der Waals surface area contributed by atoms with Crippen molar-refractivity contribution in [3.8, 4) is 22.6 Å². The molecule has 0 bridgehead atoms. The quantitative estimate of drug-likeness (QED) is 0.234. The van der Waals surface area contributed by atoms with E-state index in [4.69, 9.17) is 18.4 Å². The molecule has 36 heavy (non-hydrogen) atoms. The second-order valence-electron chi connectivity index (χ2n) is 7.93. The summed E-state index contributed by atoms with van der Waals surface area (Å²) in [6.07, 6.45) is 2.99. The van der Waals surface area contributed by atoms with Gasteiger partial charge in [0.05, 0.1) is 30.9 Å². The number of sulfonamides is 1. The maximum absolute atomic E-state index is 14.1. The predicted octanol–water partition coefficient (Wildman–Crippen LogP) is 3.92. The van der Waals surface area contributed by atoms with Crippen molar-refractivity contribution in [1.82, 2.24) is 10.1 Å². The van der Waals surface area contributed by atoms with E-state index >= 15 is 0 Å². The average Bonchev–Trinajstić information content (AvgIpc) is 3.54. The van der Waals surface area contributed by atoms with Gasteiger partial charge in [-0.3, -0.25) is 0 Å². The highest BCUT2D eigenvalue weighted by molar-refractivity contribution is 7.93. The van der Waals surface area contributed by atoms with Crippen LogP contribution in [0.15, 0.2) is 68.8 Å². The molecule has 2 aromatic heterocycles. The van der Waals surface area contributed by atoms with Crippen molar-refractivity contribution in [1.29, 1.82) is 0 Å². The molecule has 0 aliphatic carbocycles. The molecule has 2 aromatic carbocycles. The molecule has 11 heteroatoms. The lowest BCUT2D eigenvalue weighted by Crippen LogP contribution is -2.35. The number of rotatable bonds is 11. The monoisotopic (exact) mass is 513 g/mol. The summed E-state index contributed by atoms with van der Waals surface area (Å²) in [5, 5.41) is 14.1. The first-order valence-corrected chi connectivity index (χ1v) is 12.6. The van der Waals surface area contributed by atoms with Gasteiger partial charge >= 0.3 is 0 Å². The number of aliphatic hydroxyl groups is 1. The number of hydrogen-bond acceptors (Lipinski definition) is 9. The minimum atomic E-state index is -4.18. The van der Waals surface area contributed by atoms with Gasteiger partial charge in [0.1, 0.15) is 18.8 Å². The Hall–Kier alpha value is -3.51. The summed E-state index contributed by atoms with van der Waals surface area (Å²) in [5.74, 6) is 1.04. The van der Waals surface area contributed by atoms with Gasteiger partial charge in [0.15, 0.2) is 5.82 Å². The van der Waals surface area contributed by atoms with Crippen LogP contribution in [0.4, 0.5) is 5.82 Å². The van der Waals surface area contributed by atoms with Gasteiger partial charge in [-0.2, -0.15) is 0 Å². The molecule has 0 aliphatic rings. The summed E-state index contributed by atoms with van der Waals surface area (Å²) in [4.78, 5) is 4.17. The third kappa shape index (κ3) is 5.05. The lowest BCUT2D eigenvalue weighted by Gasteiger charge is -2.24. The molecule has 0 spiro atoms.